The monoisotopic (exact) mass is 1230 g/mol. The van der Waals surface area contributed by atoms with Crippen LogP contribution in [0.1, 0.15) is 137 Å². The number of carbonyl (C=O) groups excluding carboxylic acids is 1. The largest absolute Gasteiger partial charge is 0.490 e. The Kier molecular flexibility index (Phi) is 13.7. The van der Waals surface area contributed by atoms with Crippen molar-refractivity contribution < 1.29 is 55.2 Å². The van der Waals surface area contributed by atoms with Crippen molar-refractivity contribution in [1.29, 1.82) is 0 Å². The van der Waals surface area contributed by atoms with Gasteiger partial charge in [-0.1, -0.05) is 114 Å². The molecule has 0 bridgehead atoms. The van der Waals surface area contributed by atoms with E-state index >= 15 is 0 Å². The van der Waals surface area contributed by atoms with E-state index in [2.05, 4.69) is 182 Å². The van der Waals surface area contributed by atoms with E-state index in [1.807, 2.05) is 0 Å². The molecule has 1 fully saturated rings. The molecule has 6 nitrogen and oxygen atoms in total. The van der Waals surface area contributed by atoms with Crippen molar-refractivity contribution in [3.63, 3.8) is 0 Å². The average molecular weight is 1230 g/mol. The van der Waals surface area contributed by atoms with Gasteiger partial charge in [0.25, 0.3) is 0 Å². The maximum atomic E-state index is 13.0. The number of hydrogen-bond acceptors (Lipinski definition) is 6. The molecular formula is C80H56F6O6. The molecule has 0 amide bonds. The van der Waals surface area contributed by atoms with E-state index in [4.69, 9.17) is 11.2 Å². The van der Waals surface area contributed by atoms with Crippen molar-refractivity contribution in [2.75, 3.05) is 20.0 Å². The number of rotatable bonds is 15. The van der Waals surface area contributed by atoms with Gasteiger partial charge in [-0.15, -0.1) is 15.2 Å². The molecule has 18 rings (SSSR count). The Labute approximate surface area is 528 Å². The standard InChI is InChI=1S/C52H30O3.C17H4.C9H14F6O3.2CH4/c53-19-55-31(54)7-4-18-50(20-5-2-1-3-6-20)51-29-16-17-30-28-15-13-26-24-11-9-22-21-8-10-23-25-12-14-27(29)38-36(25)41-34(23)32(21)40-33(22)35(24)42-37(26)39(28)49(52(30,50)51)47-45(42)43(40)44(41)46(47)48(38)51;1-3-5-7-9-11-13-15-17-16-14-12-10-8-6-4-2;1-3-5-16-7(10,11)8(12,13)18-9(14,15)17-6-4-2;;/h1-3,5-6,8,10,12-17,22,24,26,37,53H,4,7,9,11,18-19H2;1H,2H3;3-6H2,1-2H3;2*1H4. The molecule has 92 heavy (non-hydrogen) atoms. The smallest absolute Gasteiger partial charge is 0.439 e. The van der Waals surface area contributed by atoms with E-state index in [9.17, 15) is 36.2 Å². The molecule has 12 heteroatoms. The van der Waals surface area contributed by atoms with Crippen LogP contribution in [0.5, 0.6) is 0 Å². The topological polar surface area (TPSA) is 74.2 Å². The number of terminal acetylenes is 1. The molecule has 8 aromatic rings. The molecule has 0 saturated heterocycles. The summed E-state index contributed by atoms with van der Waals surface area (Å²) in [5.74, 6) is 38.6. The summed E-state index contributed by atoms with van der Waals surface area (Å²) in [6.45, 7) is 2.60. The molecule has 10 aliphatic rings. The number of carbonyl (C=O) groups is 1. The summed E-state index contributed by atoms with van der Waals surface area (Å²) in [5, 5.41) is 29.7. The highest BCUT2D eigenvalue weighted by molar-refractivity contribution is 6.53. The van der Waals surface area contributed by atoms with Gasteiger partial charge in [0, 0.05) is 34.5 Å². The van der Waals surface area contributed by atoms with Gasteiger partial charge in [-0.05, 0) is 277 Å². The third kappa shape index (κ3) is 7.10. The van der Waals surface area contributed by atoms with Crippen LogP contribution in [0.2, 0.25) is 0 Å². The second kappa shape index (κ2) is 21.0. The number of ether oxygens (including phenoxy) is 4. The predicted molar refractivity (Wildman–Crippen MR) is 346 cm³/mol. The fourth-order valence-electron chi connectivity index (χ4n) is 18.8. The minimum atomic E-state index is -5.50. The van der Waals surface area contributed by atoms with Crippen molar-refractivity contribution >= 4 is 81.8 Å². The Balaban J connectivity index is 0.000000167. The van der Waals surface area contributed by atoms with Gasteiger partial charge in [0.05, 0.1) is 13.2 Å². The Bertz CT molecular complexity index is 5360. The molecule has 2 spiro atoms. The van der Waals surface area contributed by atoms with Crippen molar-refractivity contribution in [2.45, 2.75) is 128 Å². The number of fused-ring (bicyclic) bond motifs is 3. The first-order valence-electron chi connectivity index (χ1n) is 30.2. The lowest BCUT2D eigenvalue weighted by molar-refractivity contribution is -0.526. The van der Waals surface area contributed by atoms with Crippen LogP contribution in [0, 0.1) is 107 Å². The zero-order valence-corrected chi connectivity index (χ0v) is 48.7. The summed E-state index contributed by atoms with van der Waals surface area (Å²) < 4.78 is 91.3. The van der Waals surface area contributed by atoms with Crippen LogP contribution in [-0.2, 0) is 34.6 Å². The zero-order chi connectivity index (χ0) is 62.0. The Hall–Kier alpha value is -9.57. The number of alkyl halides is 6. The summed E-state index contributed by atoms with van der Waals surface area (Å²) in [6, 6.07) is 21.6. The number of halogens is 6. The second-order valence-electron chi connectivity index (χ2n) is 24.2. The van der Waals surface area contributed by atoms with Crippen molar-refractivity contribution in [3.8, 4) is 95.2 Å². The van der Waals surface area contributed by atoms with E-state index in [0.29, 0.717) is 36.5 Å². The van der Waals surface area contributed by atoms with Crippen LogP contribution in [0.15, 0.2) is 95.6 Å². The molecule has 0 heterocycles. The maximum Gasteiger partial charge on any atom is 0.490 e. The lowest BCUT2D eigenvalue weighted by atomic mass is 9.64. The van der Waals surface area contributed by atoms with Gasteiger partial charge in [-0.3, -0.25) is 9.53 Å². The van der Waals surface area contributed by atoms with Crippen LogP contribution in [-0.4, -0.2) is 49.6 Å². The van der Waals surface area contributed by atoms with E-state index in [1.54, 1.807) is 94.5 Å². The van der Waals surface area contributed by atoms with Gasteiger partial charge in [0.2, 0.25) is 0 Å². The SMILES string of the molecule is C.C.C#CC#CC#CC#CC#CC#CC#CC#CC.CCCOC(F)(F)OC(F)(F)C(F)(F)OCCC.O=C(CCCC1(c2ccccc2)C23C4=C5C=CC6C7CCC8c9c7c7c%10c(c%11c%12c%13c(ccc%14c%15ccc8c8c9c%10c%11c(c%13%14)c%158)=C(C=C4)C%1221)C3=C5C76)OCO. The average Bonchev–Trinajstić information content (AvgIpc) is 1.38. The molecule has 10 aliphatic carbocycles. The minimum Gasteiger partial charge on any atom is -0.439 e. The quantitative estimate of drug-likeness (QED) is 0.0362. The number of aliphatic hydroxyl groups excluding tert-OH is 1. The number of esters is 1. The summed E-state index contributed by atoms with van der Waals surface area (Å²) in [5.41, 5.74) is 18.5. The first-order chi connectivity index (χ1) is 43.7. The third-order valence-corrected chi connectivity index (χ3v) is 20.7. The van der Waals surface area contributed by atoms with Crippen molar-refractivity contribution in [1.82, 2.24) is 0 Å². The number of allylic oxidation sites excluding steroid dienone is 8. The van der Waals surface area contributed by atoms with Crippen molar-refractivity contribution in [3.05, 3.63) is 140 Å². The first kappa shape index (κ1) is 60.0. The highest BCUT2D eigenvalue weighted by Gasteiger charge is 2.94. The van der Waals surface area contributed by atoms with Crippen LogP contribution >= 0.6 is 0 Å². The molecule has 1 saturated carbocycles. The summed E-state index contributed by atoms with van der Waals surface area (Å²) in [6.07, 6.45) is 4.30. The minimum absolute atomic E-state index is 0. The molecule has 0 aliphatic heterocycles. The summed E-state index contributed by atoms with van der Waals surface area (Å²) >= 11 is 0. The number of benzene rings is 6. The lowest BCUT2D eigenvalue weighted by Gasteiger charge is -2.37. The molecule has 7 atom stereocenters. The normalized spacial score (nSPS) is 23.1. The molecule has 0 radical (unpaired) electrons. The second-order valence-corrected chi connectivity index (χ2v) is 24.2. The van der Waals surface area contributed by atoms with E-state index in [1.165, 1.54) is 75.7 Å². The van der Waals surface area contributed by atoms with Crippen molar-refractivity contribution in [2.24, 2.45) is 11.3 Å². The Morgan fingerprint density at radius 1 is 0.652 bits per heavy atom. The summed E-state index contributed by atoms with van der Waals surface area (Å²) in [4.78, 5) is 13.0. The Morgan fingerprint density at radius 2 is 1.28 bits per heavy atom. The van der Waals surface area contributed by atoms with Crippen LogP contribution < -0.4 is 5.22 Å². The van der Waals surface area contributed by atoms with Crippen LogP contribution in [0.25, 0.3) is 75.8 Å². The third-order valence-electron chi connectivity index (χ3n) is 20.7. The van der Waals surface area contributed by atoms with Crippen LogP contribution in [0.3, 0.4) is 0 Å². The molecule has 0 aromatic heterocycles. The zero-order valence-electron chi connectivity index (χ0n) is 48.7. The van der Waals surface area contributed by atoms with Gasteiger partial charge < -0.3 is 14.6 Å². The van der Waals surface area contributed by atoms with E-state index in [0.717, 1.165) is 6.42 Å². The fraction of sp³-hybridized carbons (Fsp3) is 0.312. The fourth-order valence-corrected chi connectivity index (χ4v) is 18.8. The highest BCUT2D eigenvalue weighted by Crippen LogP contribution is 2.97. The maximum absolute atomic E-state index is 13.0. The number of hydrogen-bond donors (Lipinski definition) is 1. The Morgan fingerprint density at radius 3 is 1.96 bits per heavy atom. The molecular weight excluding hydrogens is 1170 g/mol. The van der Waals surface area contributed by atoms with E-state index < -0.39 is 38.5 Å². The molecule has 7 unspecified atom stereocenters. The van der Waals surface area contributed by atoms with E-state index in [-0.39, 0.29) is 49.9 Å². The predicted octanol–water partition coefficient (Wildman–Crippen LogP) is 15.4. The van der Waals surface area contributed by atoms with Gasteiger partial charge in [0.1, 0.15) is 0 Å². The molecule has 8 aromatic carbocycles. The summed E-state index contributed by atoms with van der Waals surface area (Å²) in [7, 11) is 0. The van der Waals surface area contributed by atoms with Gasteiger partial charge in [0.15, 0.2) is 6.79 Å². The molecule has 454 valence electrons. The van der Waals surface area contributed by atoms with Gasteiger partial charge in [-0.2, -0.15) is 17.6 Å². The van der Waals surface area contributed by atoms with Gasteiger partial charge in [-0.25, -0.2) is 4.74 Å². The van der Waals surface area contributed by atoms with Gasteiger partial charge >= 0.3 is 24.5 Å². The molecule has 1 N–H and O–H groups in total. The lowest BCUT2D eigenvalue weighted by Crippen LogP contribution is -2.49. The van der Waals surface area contributed by atoms with Crippen LogP contribution in [0.4, 0.5) is 26.3 Å². The number of aliphatic hydroxyl groups is 1. The highest BCUT2D eigenvalue weighted by atomic mass is 19.3. The first-order valence-corrected chi connectivity index (χ1v) is 30.2.